The fourth-order valence-corrected chi connectivity index (χ4v) is 3.70. The van der Waals surface area contributed by atoms with Crippen molar-refractivity contribution < 1.29 is 8.42 Å². The lowest BCUT2D eigenvalue weighted by Crippen LogP contribution is -2.69. The van der Waals surface area contributed by atoms with Gasteiger partial charge in [-0.3, -0.25) is 0 Å². The first-order valence-corrected chi connectivity index (χ1v) is 8.33. The van der Waals surface area contributed by atoms with Crippen molar-refractivity contribution in [1.82, 2.24) is 4.31 Å². The molecule has 1 aliphatic carbocycles. The number of anilines is 1. The predicted octanol–water partition coefficient (Wildman–Crippen LogP) is 0.864. The van der Waals surface area contributed by atoms with Crippen LogP contribution in [0.1, 0.15) is 12.8 Å². The average molecular weight is 295 g/mol. The molecule has 1 saturated heterocycles. The summed E-state index contributed by atoms with van der Waals surface area (Å²) in [6.07, 6.45) is 2.51. The first-order chi connectivity index (χ1) is 9.33. The molecule has 1 heterocycles. The molecule has 1 aromatic carbocycles. The van der Waals surface area contributed by atoms with Gasteiger partial charge in [-0.2, -0.15) is 0 Å². The topological polar surface area (TPSA) is 66.6 Å². The van der Waals surface area contributed by atoms with Crippen LogP contribution >= 0.6 is 0 Å². The summed E-state index contributed by atoms with van der Waals surface area (Å²) in [4.78, 5) is 2.54. The fraction of sp³-hybridized carbons (Fsp3) is 0.571. The molecule has 2 aliphatic rings. The zero-order valence-corrected chi connectivity index (χ0v) is 12.7. The quantitative estimate of drug-likeness (QED) is 0.895. The van der Waals surface area contributed by atoms with Crippen LogP contribution in [0, 0.1) is 5.92 Å². The molecular weight excluding hydrogens is 274 g/mol. The van der Waals surface area contributed by atoms with E-state index in [1.165, 1.54) is 31.2 Å². The number of benzene rings is 1. The molecule has 0 aromatic heterocycles. The zero-order chi connectivity index (χ0) is 14.5. The standard InChI is InChI=1S/C14H21N3O2S/c1-16(2)20(18,19)13-7-5-12(6-8-13)17-9-14(15,10-17)11-3-4-11/h5-8,11H,3-4,9-10,15H2,1-2H3. The molecule has 1 aromatic rings. The number of rotatable bonds is 4. The van der Waals surface area contributed by atoms with Gasteiger partial charge in [0, 0.05) is 32.9 Å². The molecule has 0 amide bonds. The Bertz CT molecular complexity index is 600. The van der Waals surface area contributed by atoms with Crippen molar-refractivity contribution in [3.63, 3.8) is 0 Å². The van der Waals surface area contributed by atoms with Crippen LogP contribution < -0.4 is 10.6 Å². The van der Waals surface area contributed by atoms with E-state index in [9.17, 15) is 8.42 Å². The Kier molecular flexibility index (Phi) is 3.08. The average Bonchev–Trinajstić information content (AvgIpc) is 3.19. The molecule has 0 atom stereocenters. The minimum Gasteiger partial charge on any atom is -0.368 e. The Morgan fingerprint density at radius 1 is 1.20 bits per heavy atom. The van der Waals surface area contributed by atoms with Gasteiger partial charge in [0.05, 0.1) is 10.4 Å². The molecule has 1 saturated carbocycles. The molecule has 20 heavy (non-hydrogen) atoms. The maximum Gasteiger partial charge on any atom is 0.242 e. The molecule has 2 N–H and O–H groups in total. The molecule has 2 fully saturated rings. The lowest BCUT2D eigenvalue weighted by molar-refractivity contribution is 0.291. The van der Waals surface area contributed by atoms with E-state index < -0.39 is 10.0 Å². The van der Waals surface area contributed by atoms with Crippen LogP contribution in [0.3, 0.4) is 0 Å². The molecule has 0 unspecified atom stereocenters. The van der Waals surface area contributed by atoms with E-state index in [1.54, 1.807) is 12.1 Å². The van der Waals surface area contributed by atoms with E-state index in [4.69, 9.17) is 5.73 Å². The largest absolute Gasteiger partial charge is 0.368 e. The summed E-state index contributed by atoms with van der Waals surface area (Å²) in [5.41, 5.74) is 7.36. The number of nitrogens with zero attached hydrogens (tertiary/aromatic N) is 2. The van der Waals surface area contributed by atoms with Crippen LogP contribution in [0.2, 0.25) is 0 Å². The van der Waals surface area contributed by atoms with Crippen molar-refractivity contribution in [3.8, 4) is 0 Å². The second-order valence-electron chi connectivity index (χ2n) is 6.14. The minimum atomic E-state index is -3.34. The van der Waals surface area contributed by atoms with Gasteiger partial charge in [-0.1, -0.05) is 0 Å². The van der Waals surface area contributed by atoms with Crippen molar-refractivity contribution in [2.45, 2.75) is 23.3 Å². The summed E-state index contributed by atoms with van der Waals surface area (Å²) in [6, 6.07) is 7.06. The molecule has 0 spiro atoms. The summed E-state index contributed by atoms with van der Waals surface area (Å²) in [5.74, 6) is 0.687. The molecule has 0 radical (unpaired) electrons. The number of hydrogen-bond donors (Lipinski definition) is 1. The Morgan fingerprint density at radius 2 is 1.75 bits per heavy atom. The first kappa shape index (κ1) is 13.9. The van der Waals surface area contributed by atoms with Crippen LogP contribution in [-0.2, 0) is 10.0 Å². The summed E-state index contributed by atoms with van der Waals surface area (Å²) in [6.45, 7) is 1.74. The van der Waals surface area contributed by atoms with E-state index in [2.05, 4.69) is 4.90 Å². The van der Waals surface area contributed by atoms with Crippen LogP contribution in [0.25, 0.3) is 0 Å². The van der Waals surface area contributed by atoms with E-state index >= 15 is 0 Å². The van der Waals surface area contributed by atoms with Crippen molar-refractivity contribution >= 4 is 15.7 Å². The second kappa shape index (κ2) is 4.44. The normalized spacial score (nSPS) is 21.9. The highest BCUT2D eigenvalue weighted by atomic mass is 32.2. The first-order valence-electron chi connectivity index (χ1n) is 6.89. The maximum absolute atomic E-state index is 12.0. The third kappa shape index (κ3) is 2.21. The number of sulfonamides is 1. The van der Waals surface area contributed by atoms with Gasteiger partial charge in [0.15, 0.2) is 0 Å². The highest BCUT2D eigenvalue weighted by Gasteiger charge is 2.50. The lowest BCUT2D eigenvalue weighted by Gasteiger charge is -2.49. The smallest absolute Gasteiger partial charge is 0.242 e. The van der Waals surface area contributed by atoms with Gasteiger partial charge in [0.25, 0.3) is 0 Å². The van der Waals surface area contributed by atoms with Gasteiger partial charge in [0.2, 0.25) is 10.0 Å². The van der Waals surface area contributed by atoms with Crippen molar-refractivity contribution in [2.24, 2.45) is 11.7 Å². The third-order valence-corrected chi connectivity index (χ3v) is 6.17. The number of hydrogen-bond acceptors (Lipinski definition) is 4. The monoisotopic (exact) mass is 295 g/mol. The van der Waals surface area contributed by atoms with Gasteiger partial charge in [-0.15, -0.1) is 0 Å². The second-order valence-corrected chi connectivity index (χ2v) is 8.30. The van der Waals surface area contributed by atoms with Gasteiger partial charge >= 0.3 is 0 Å². The van der Waals surface area contributed by atoms with Crippen molar-refractivity contribution in [3.05, 3.63) is 24.3 Å². The molecular formula is C14H21N3O2S. The summed E-state index contributed by atoms with van der Waals surface area (Å²) in [7, 11) is -0.267. The SMILES string of the molecule is CN(C)S(=O)(=O)c1ccc(N2CC(N)(C3CC3)C2)cc1. The van der Waals surface area contributed by atoms with Gasteiger partial charge in [-0.25, -0.2) is 12.7 Å². The molecule has 0 bridgehead atoms. The van der Waals surface area contributed by atoms with Gasteiger partial charge in [0.1, 0.15) is 0 Å². The third-order valence-electron chi connectivity index (χ3n) is 4.34. The Hall–Kier alpha value is -1.11. The minimum absolute atomic E-state index is 0.0195. The molecule has 6 heteroatoms. The van der Waals surface area contributed by atoms with Crippen molar-refractivity contribution in [1.29, 1.82) is 0 Å². The van der Waals surface area contributed by atoms with Crippen LogP contribution in [0.5, 0.6) is 0 Å². The highest BCUT2D eigenvalue weighted by molar-refractivity contribution is 7.89. The van der Waals surface area contributed by atoms with Crippen molar-refractivity contribution in [2.75, 3.05) is 32.1 Å². The Balaban J connectivity index is 1.72. The van der Waals surface area contributed by atoms with Gasteiger partial charge < -0.3 is 10.6 Å². The van der Waals surface area contributed by atoms with E-state index in [0.717, 1.165) is 18.8 Å². The molecule has 5 nitrogen and oxygen atoms in total. The van der Waals surface area contributed by atoms with E-state index in [-0.39, 0.29) is 5.54 Å². The van der Waals surface area contributed by atoms with Crippen LogP contribution in [-0.4, -0.2) is 45.4 Å². The molecule has 3 rings (SSSR count). The molecule has 110 valence electrons. The van der Waals surface area contributed by atoms with Crippen LogP contribution in [0.4, 0.5) is 5.69 Å². The van der Waals surface area contributed by atoms with E-state index in [0.29, 0.717) is 10.8 Å². The number of nitrogens with two attached hydrogens (primary N) is 1. The Morgan fingerprint density at radius 3 is 2.20 bits per heavy atom. The lowest BCUT2D eigenvalue weighted by atomic mass is 9.85. The van der Waals surface area contributed by atoms with E-state index in [1.807, 2.05) is 12.1 Å². The summed E-state index contributed by atoms with van der Waals surface area (Å²) in [5, 5.41) is 0. The summed E-state index contributed by atoms with van der Waals surface area (Å²) < 4.78 is 25.2. The van der Waals surface area contributed by atoms with Gasteiger partial charge in [-0.05, 0) is 43.0 Å². The highest BCUT2D eigenvalue weighted by Crippen LogP contribution is 2.44. The maximum atomic E-state index is 12.0. The molecule has 1 aliphatic heterocycles. The predicted molar refractivity (Wildman–Crippen MR) is 79.2 cm³/mol. The zero-order valence-electron chi connectivity index (χ0n) is 11.9. The summed E-state index contributed by atoms with van der Waals surface area (Å²) >= 11 is 0. The fourth-order valence-electron chi connectivity index (χ4n) is 2.80. The Labute approximate surface area is 120 Å². The van der Waals surface area contributed by atoms with Crippen LogP contribution in [0.15, 0.2) is 29.2 Å².